The second-order valence-corrected chi connectivity index (χ2v) is 7.37. The quantitative estimate of drug-likeness (QED) is 0.341. The van der Waals surface area contributed by atoms with Crippen molar-refractivity contribution < 1.29 is 14.0 Å². The number of hydrogen-bond acceptors (Lipinski definition) is 6. The van der Waals surface area contributed by atoms with Crippen LogP contribution in [0.15, 0.2) is 76.8 Å². The summed E-state index contributed by atoms with van der Waals surface area (Å²) < 4.78 is 9.08. The summed E-state index contributed by atoms with van der Waals surface area (Å²) in [6.07, 6.45) is 5.27. The van der Waals surface area contributed by atoms with Gasteiger partial charge in [-0.15, -0.1) is 10.2 Å². The van der Waals surface area contributed by atoms with Gasteiger partial charge in [-0.3, -0.25) is 25.0 Å². The topological polar surface area (TPSA) is 107 Å². The van der Waals surface area contributed by atoms with E-state index in [1.807, 2.05) is 52.7 Å². The maximum atomic E-state index is 12.6. The van der Waals surface area contributed by atoms with Crippen molar-refractivity contribution in [3.63, 3.8) is 0 Å². The van der Waals surface area contributed by atoms with Crippen LogP contribution < -0.4 is 10.9 Å². The minimum Gasteiger partial charge on any atom is -0.461 e. The van der Waals surface area contributed by atoms with Gasteiger partial charge in [0.05, 0.1) is 23.3 Å². The highest BCUT2D eigenvalue weighted by molar-refractivity contribution is 7.99. The lowest BCUT2D eigenvalue weighted by molar-refractivity contribution is -0.119. The molecule has 1 aromatic carbocycles. The van der Waals surface area contributed by atoms with E-state index >= 15 is 0 Å². The highest BCUT2D eigenvalue weighted by Gasteiger charge is 2.17. The summed E-state index contributed by atoms with van der Waals surface area (Å²) in [5.41, 5.74) is 6.08. The number of hydrogen-bond donors (Lipinski definition) is 2. The van der Waals surface area contributed by atoms with Crippen LogP contribution in [0, 0.1) is 0 Å². The van der Waals surface area contributed by atoms with Gasteiger partial charge in [0.25, 0.3) is 5.91 Å². The molecular weight excluding hydrogens is 416 g/mol. The minimum atomic E-state index is -0.403. The SMILES string of the molecule is CCn1c(SCC(=O)NNC(=O)c2ccccc2-n2cccc2)nnc1-c1ccco1. The zero-order chi connectivity index (χ0) is 21.6. The lowest BCUT2D eigenvalue weighted by Crippen LogP contribution is -2.42. The summed E-state index contributed by atoms with van der Waals surface area (Å²) in [5.74, 6) is 0.515. The van der Waals surface area contributed by atoms with Crippen LogP contribution in [0.2, 0.25) is 0 Å². The molecule has 0 spiro atoms. The lowest BCUT2D eigenvalue weighted by atomic mass is 10.1. The summed E-state index contributed by atoms with van der Waals surface area (Å²) >= 11 is 1.23. The molecule has 3 aromatic heterocycles. The summed E-state index contributed by atoms with van der Waals surface area (Å²) in [7, 11) is 0. The van der Waals surface area contributed by atoms with Crippen LogP contribution in [0.4, 0.5) is 0 Å². The van der Waals surface area contributed by atoms with Crippen molar-refractivity contribution in [3.8, 4) is 17.3 Å². The van der Waals surface area contributed by atoms with Crippen LogP contribution in [0.1, 0.15) is 17.3 Å². The number of carbonyl (C=O) groups excluding carboxylic acids is 2. The van der Waals surface area contributed by atoms with E-state index in [1.54, 1.807) is 30.5 Å². The van der Waals surface area contributed by atoms with Gasteiger partial charge in [0.15, 0.2) is 16.7 Å². The monoisotopic (exact) mass is 436 g/mol. The molecule has 158 valence electrons. The molecular formula is C21H20N6O3S. The maximum absolute atomic E-state index is 12.6. The molecule has 0 atom stereocenters. The molecule has 0 saturated heterocycles. The molecule has 2 amide bonds. The summed E-state index contributed by atoms with van der Waals surface area (Å²) in [6.45, 7) is 2.59. The largest absolute Gasteiger partial charge is 0.461 e. The Hall–Kier alpha value is -3.79. The van der Waals surface area contributed by atoms with Crippen molar-refractivity contribution in [1.82, 2.24) is 30.2 Å². The van der Waals surface area contributed by atoms with Crippen LogP contribution >= 0.6 is 11.8 Å². The van der Waals surface area contributed by atoms with Crippen molar-refractivity contribution in [2.24, 2.45) is 0 Å². The predicted molar refractivity (Wildman–Crippen MR) is 115 cm³/mol. The molecule has 2 N–H and O–H groups in total. The van der Waals surface area contributed by atoms with Crippen LogP contribution in [0.5, 0.6) is 0 Å². The molecule has 0 unspecified atom stereocenters. The summed E-state index contributed by atoms with van der Waals surface area (Å²) in [5, 5.41) is 8.88. The fraction of sp³-hybridized carbons (Fsp3) is 0.143. The number of thioether (sulfide) groups is 1. The molecule has 0 radical (unpaired) electrons. The number of benzene rings is 1. The van der Waals surface area contributed by atoms with Gasteiger partial charge in [0.2, 0.25) is 5.91 Å². The molecule has 0 aliphatic carbocycles. The van der Waals surface area contributed by atoms with Crippen LogP contribution in [-0.4, -0.2) is 36.9 Å². The number of hydrazine groups is 1. The van der Waals surface area contributed by atoms with E-state index in [1.165, 1.54) is 11.8 Å². The predicted octanol–water partition coefficient (Wildman–Crippen LogP) is 2.90. The van der Waals surface area contributed by atoms with Crippen LogP contribution in [0.25, 0.3) is 17.3 Å². The second kappa shape index (κ2) is 9.35. The maximum Gasteiger partial charge on any atom is 0.271 e. The first-order valence-corrected chi connectivity index (χ1v) is 10.6. The third-order valence-electron chi connectivity index (χ3n) is 4.45. The van der Waals surface area contributed by atoms with E-state index in [9.17, 15) is 9.59 Å². The number of carbonyl (C=O) groups is 2. The van der Waals surface area contributed by atoms with Gasteiger partial charge < -0.3 is 8.98 Å². The highest BCUT2D eigenvalue weighted by Crippen LogP contribution is 2.24. The van der Waals surface area contributed by atoms with Gasteiger partial charge in [-0.2, -0.15) is 0 Å². The Balaban J connectivity index is 1.35. The Morgan fingerprint density at radius 2 is 1.84 bits per heavy atom. The molecule has 4 aromatic rings. The van der Waals surface area contributed by atoms with E-state index in [-0.39, 0.29) is 11.7 Å². The number of nitrogens with zero attached hydrogens (tertiary/aromatic N) is 4. The van der Waals surface area contributed by atoms with Crippen molar-refractivity contribution in [2.45, 2.75) is 18.6 Å². The molecule has 31 heavy (non-hydrogen) atoms. The number of nitrogens with one attached hydrogen (secondary N) is 2. The van der Waals surface area contributed by atoms with Gasteiger partial charge in [0, 0.05) is 18.9 Å². The van der Waals surface area contributed by atoms with Crippen molar-refractivity contribution in [3.05, 3.63) is 72.8 Å². The zero-order valence-corrected chi connectivity index (χ0v) is 17.5. The molecule has 0 saturated carbocycles. The van der Waals surface area contributed by atoms with Crippen LogP contribution in [0.3, 0.4) is 0 Å². The number of aromatic nitrogens is 4. The summed E-state index contributed by atoms with van der Waals surface area (Å²) in [6, 6.07) is 14.5. The lowest BCUT2D eigenvalue weighted by Gasteiger charge is -2.12. The standard InChI is InChI=1S/C21H20N6O3S/c1-2-27-19(17-10-7-13-30-17)23-25-21(27)31-14-18(28)22-24-20(29)15-8-3-4-9-16(15)26-11-5-6-12-26/h3-13H,2,14H2,1H3,(H,22,28)(H,24,29). The fourth-order valence-corrected chi connectivity index (χ4v) is 3.82. The van der Waals surface area contributed by atoms with E-state index < -0.39 is 5.91 Å². The van der Waals surface area contributed by atoms with E-state index in [2.05, 4.69) is 21.0 Å². The van der Waals surface area contributed by atoms with Crippen molar-refractivity contribution in [2.75, 3.05) is 5.75 Å². The average Bonchev–Trinajstić information content (AvgIpc) is 3.56. The Labute approximate surface area is 182 Å². The van der Waals surface area contributed by atoms with Gasteiger partial charge in [-0.1, -0.05) is 23.9 Å². The molecule has 10 heteroatoms. The number of amides is 2. The molecule has 4 rings (SSSR count). The molecule has 0 aliphatic rings. The van der Waals surface area contributed by atoms with E-state index in [0.717, 1.165) is 5.69 Å². The highest BCUT2D eigenvalue weighted by atomic mass is 32.2. The molecule has 9 nitrogen and oxygen atoms in total. The minimum absolute atomic E-state index is 0.0653. The Morgan fingerprint density at radius 1 is 1.03 bits per heavy atom. The van der Waals surface area contributed by atoms with E-state index in [4.69, 9.17) is 4.42 Å². The fourth-order valence-electron chi connectivity index (χ4n) is 3.01. The van der Waals surface area contributed by atoms with Gasteiger partial charge >= 0.3 is 0 Å². The first-order valence-electron chi connectivity index (χ1n) is 9.58. The van der Waals surface area contributed by atoms with Gasteiger partial charge in [-0.25, -0.2) is 0 Å². The Morgan fingerprint density at radius 3 is 2.58 bits per heavy atom. The van der Waals surface area contributed by atoms with Gasteiger partial charge in [0.1, 0.15) is 0 Å². The third-order valence-corrected chi connectivity index (χ3v) is 5.42. The molecule has 0 fully saturated rings. The first-order chi connectivity index (χ1) is 15.2. The molecule has 0 bridgehead atoms. The first kappa shape index (κ1) is 20.5. The van der Waals surface area contributed by atoms with E-state index in [0.29, 0.717) is 28.8 Å². The number of rotatable bonds is 7. The van der Waals surface area contributed by atoms with Gasteiger partial charge in [-0.05, 0) is 43.3 Å². The third kappa shape index (κ3) is 4.53. The Kier molecular flexibility index (Phi) is 6.18. The Bertz CT molecular complexity index is 1170. The molecule has 0 aliphatic heterocycles. The number of furan rings is 1. The summed E-state index contributed by atoms with van der Waals surface area (Å²) in [4.78, 5) is 24.9. The van der Waals surface area contributed by atoms with Crippen LogP contribution in [-0.2, 0) is 11.3 Å². The smallest absolute Gasteiger partial charge is 0.271 e. The second-order valence-electron chi connectivity index (χ2n) is 6.43. The van der Waals surface area contributed by atoms with Crippen molar-refractivity contribution in [1.29, 1.82) is 0 Å². The zero-order valence-electron chi connectivity index (χ0n) is 16.7. The van der Waals surface area contributed by atoms with Crippen molar-refractivity contribution >= 4 is 23.6 Å². The number of para-hydroxylation sites is 1. The molecule has 3 heterocycles. The normalized spacial score (nSPS) is 10.7. The average molecular weight is 436 g/mol.